The highest BCUT2D eigenvalue weighted by Crippen LogP contribution is 2.38. The first-order valence-corrected chi connectivity index (χ1v) is 10.8. The lowest BCUT2D eigenvalue weighted by molar-refractivity contribution is -0.138. The predicted octanol–water partition coefficient (Wildman–Crippen LogP) is 4.76. The molecule has 1 aromatic carbocycles. The molecule has 3 rings (SSSR count). The first-order valence-electron chi connectivity index (χ1n) is 10.8. The molecule has 4 nitrogen and oxygen atoms in total. The van der Waals surface area contributed by atoms with Crippen LogP contribution in [0.3, 0.4) is 0 Å². The second-order valence-electron chi connectivity index (χ2n) is 8.60. The van der Waals surface area contributed by atoms with Crippen LogP contribution in [0.25, 0.3) is 5.70 Å². The van der Waals surface area contributed by atoms with E-state index in [4.69, 9.17) is 5.73 Å². The summed E-state index contributed by atoms with van der Waals surface area (Å²) in [6.45, 7) is 7.92. The average Bonchev–Trinajstić information content (AvgIpc) is 2.72. The van der Waals surface area contributed by atoms with Crippen LogP contribution >= 0.6 is 0 Å². The van der Waals surface area contributed by atoms with Gasteiger partial charge in [-0.25, -0.2) is 0 Å². The molecule has 2 aliphatic carbocycles. The Bertz CT molecular complexity index is 799. The lowest BCUT2D eigenvalue weighted by Crippen LogP contribution is -2.39. The molecule has 1 amide bonds. The molecule has 156 valence electrons. The Balaban J connectivity index is 1.84. The van der Waals surface area contributed by atoms with Crippen molar-refractivity contribution in [1.82, 2.24) is 4.90 Å². The zero-order chi connectivity index (χ0) is 21.0. The quantitative estimate of drug-likeness (QED) is 0.731. The highest BCUT2D eigenvalue weighted by Gasteiger charge is 2.29. The van der Waals surface area contributed by atoms with Crippen LogP contribution in [-0.4, -0.2) is 22.0 Å². The van der Waals surface area contributed by atoms with Gasteiger partial charge in [0.05, 0.1) is 6.54 Å². The van der Waals surface area contributed by atoms with Crippen molar-refractivity contribution in [2.45, 2.75) is 65.0 Å². The Morgan fingerprint density at radius 3 is 2.41 bits per heavy atom. The molecule has 0 heterocycles. The Morgan fingerprint density at radius 2 is 1.86 bits per heavy atom. The summed E-state index contributed by atoms with van der Waals surface area (Å²) in [5.41, 5.74) is 10.7. The van der Waals surface area contributed by atoms with Gasteiger partial charge in [-0.3, -0.25) is 4.79 Å². The highest BCUT2D eigenvalue weighted by atomic mass is 16.3. The molecular weight excluding hydrogens is 360 g/mol. The molecule has 3 N–H and O–H groups in total. The summed E-state index contributed by atoms with van der Waals surface area (Å²) < 4.78 is 0. The number of allylic oxidation sites excluding steroid dienone is 4. The molecule has 1 fully saturated rings. The summed E-state index contributed by atoms with van der Waals surface area (Å²) in [6, 6.07) is 7.77. The van der Waals surface area contributed by atoms with E-state index >= 15 is 0 Å². The number of amides is 1. The normalized spacial score (nSPS) is 21.1. The number of benzene rings is 1. The van der Waals surface area contributed by atoms with E-state index in [1.807, 2.05) is 24.3 Å². The molecule has 0 radical (unpaired) electrons. The fourth-order valence-electron chi connectivity index (χ4n) is 4.54. The standard InChI is InChI=1S/C25H34N2O2/c1-17-15-23(22-7-5-4-6-8-22)13-14-24(17)27(25(29)19(3)28)16-20-9-11-21(12-10-20)18(2)26/h9-14,17,19,22,28H,2,4-8,15-16,26H2,1,3H3. The van der Waals surface area contributed by atoms with Crippen LogP contribution in [0.15, 0.2) is 54.3 Å². The number of rotatable bonds is 6. The van der Waals surface area contributed by atoms with E-state index in [1.54, 1.807) is 4.90 Å². The fraction of sp³-hybridized carbons (Fsp3) is 0.480. The minimum atomic E-state index is -1.03. The number of aliphatic hydroxyl groups is 1. The van der Waals surface area contributed by atoms with Gasteiger partial charge in [0.1, 0.15) is 6.10 Å². The fourth-order valence-corrected chi connectivity index (χ4v) is 4.54. The van der Waals surface area contributed by atoms with Gasteiger partial charge in [0, 0.05) is 17.3 Å². The molecule has 0 saturated heterocycles. The van der Waals surface area contributed by atoms with E-state index in [9.17, 15) is 9.90 Å². The van der Waals surface area contributed by atoms with Gasteiger partial charge in [-0.05, 0) is 49.3 Å². The van der Waals surface area contributed by atoms with Crippen LogP contribution in [0.2, 0.25) is 0 Å². The summed E-state index contributed by atoms with van der Waals surface area (Å²) in [4.78, 5) is 14.6. The summed E-state index contributed by atoms with van der Waals surface area (Å²) in [5, 5.41) is 10.00. The molecule has 2 aliphatic rings. The van der Waals surface area contributed by atoms with Gasteiger partial charge in [-0.15, -0.1) is 0 Å². The number of hydrogen-bond acceptors (Lipinski definition) is 3. The number of hydrogen-bond donors (Lipinski definition) is 2. The zero-order valence-corrected chi connectivity index (χ0v) is 17.7. The van der Waals surface area contributed by atoms with Crippen LogP contribution in [0.1, 0.15) is 63.5 Å². The van der Waals surface area contributed by atoms with Crippen molar-refractivity contribution >= 4 is 11.6 Å². The lowest BCUT2D eigenvalue weighted by atomic mass is 9.78. The third-order valence-corrected chi connectivity index (χ3v) is 6.25. The maximum Gasteiger partial charge on any atom is 0.255 e. The van der Waals surface area contributed by atoms with Gasteiger partial charge in [-0.1, -0.05) is 68.7 Å². The molecular formula is C25H34N2O2. The molecule has 2 unspecified atom stereocenters. The van der Waals surface area contributed by atoms with Gasteiger partial charge >= 0.3 is 0 Å². The molecule has 0 aromatic heterocycles. The first-order chi connectivity index (χ1) is 13.9. The zero-order valence-electron chi connectivity index (χ0n) is 17.7. The van der Waals surface area contributed by atoms with Crippen molar-refractivity contribution in [3.8, 4) is 0 Å². The summed E-state index contributed by atoms with van der Waals surface area (Å²) in [7, 11) is 0. The molecule has 4 heteroatoms. The van der Waals surface area contributed by atoms with Gasteiger partial charge in [0.2, 0.25) is 0 Å². The van der Waals surface area contributed by atoms with Crippen molar-refractivity contribution in [1.29, 1.82) is 0 Å². The smallest absolute Gasteiger partial charge is 0.255 e. The second-order valence-corrected chi connectivity index (χ2v) is 8.60. The van der Waals surface area contributed by atoms with Crippen molar-refractivity contribution in [2.75, 3.05) is 0 Å². The molecule has 0 bridgehead atoms. The van der Waals surface area contributed by atoms with E-state index in [2.05, 4.69) is 25.7 Å². The molecule has 2 atom stereocenters. The summed E-state index contributed by atoms with van der Waals surface area (Å²) in [5.74, 6) is 0.689. The molecule has 0 aliphatic heterocycles. The predicted molar refractivity (Wildman–Crippen MR) is 118 cm³/mol. The number of carbonyl (C=O) groups is 1. The number of nitrogens with zero attached hydrogens (tertiary/aromatic N) is 1. The van der Waals surface area contributed by atoms with E-state index in [-0.39, 0.29) is 11.8 Å². The van der Waals surface area contributed by atoms with E-state index < -0.39 is 6.10 Å². The van der Waals surface area contributed by atoms with Gasteiger partial charge in [-0.2, -0.15) is 0 Å². The minimum absolute atomic E-state index is 0.253. The average molecular weight is 395 g/mol. The van der Waals surface area contributed by atoms with Crippen molar-refractivity contribution in [3.63, 3.8) is 0 Å². The third-order valence-electron chi connectivity index (χ3n) is 6.25. The van der Waals surface area contributed by atoms with Crippen molar-refractivity contribution in [2.24, 2.45) is 17.6 Å². The number of aliphatic hydroxyl groups excluding tert-OH is 1. The number of carbonyl (C=O) groups excluding carboxylic acids is 1. The van der Waals surface area contributed by atoms with E-state index in [0.29, 0.717) is 18.2 Å². The maximum absolute atomic E-state index is 12.8. The summed E-state index contributed by atoms with van der Waals surface area (Å²) >= 11 is 0. The van der Waals surface area contributed by atoms with Gasteiger partial charge in [0.25, 0.3) is 5.91 Å². The highest BCUT2D eigenvalue weighted by molar-refractivity contribution is 5.82. The van der Waals surface area contributed by atoms with Crippen LogP contribution in [-0.2, 0) is 11.3 Å². The minimum Gasteiger partial charge on any atom is -0.399 e. The van der Waals surface area contributed by atoms with Gasteiger partial charge in [0.15, 0.2) is 0 Å². The lowest BCUT2D eigenvalue weighted by Gasteiger charge is -2.35. The topological polar surface area (TPSA) is 66.6 Å². The second kappa shape index (κ2) is 9.45. The molecule has 29 heavy (non-hydrogen) atoms. The Kier molecular flexibility index (Phi) is 6.96. The Morgan fingerprint density at radius 1 is 1.21 bits per heavy atom. The van der Waals surface area contributed by atoms with Crippen molar-refractivity contribution in [3.05, 3.63) is 65.4 Å². The number of nitrogens with two attached hydrogens (primary N) is 1. The Labute approximate surface area is 174 Å². The van der Waals surface area contributed by atoms with Crippen LogP contribution in [0.5, 0.6) is 0 Å². The molecule has 1 aromatic rings. The monoisotopic (exact) mass is 394 g/mol. The van der Waals surface area contributed by atoms with Crippen LogP contribution in [0, 0.1) is 11.8 Å². The largest absolute Gasteiger partial charge is 0.399 e. The molecule has 0 spiro atoms. The summed E-state index contributed by atoms with van der Waals surface area (Å²) in [6.07, 6.45) is 10.9. The SMILES string of the molecule is C=C(N)c1ccc(CN(C(=O)C(C)O)C2=CC=C(C3CCCCC3)CC2C)cc1. The molecule has 1 saturated carbocycles. The first kappa shape index (κ1) is 21.4. The van der Waals surface area contributed by atoms with Crippen LogP contribution in [0.4, 0.5) is 0 Å². The Hall–Kier alpha value is -2.33. The van der Waals surface area contributed by atoms with Crippen molar-refractivity contribution < 1.29 is 9.90 Å². The third kappa shape index (κ3) is 5.18. The van der Waals surface area contributed by atoms with Gasteiger partial charge < -0.3 is 15.7 Å². The van der Waals surface area contributed by atoms with E-state index in [0.717, 1.165) is 23.2 Å². The van der Waals surface area contributed by atoms with Crippen LogP contribution < -0.4 is 5.73 Å². The maximum atomic E-state index is 12.8. The van der Waals surface area contributed by atoms with E-state index in [1.165, 1.54) is 44.6 Å².